The van der Waals surface area contributed by atoms with Crippen LogP contribution in [0.5, 0.6) is 0 Å². The molecular weight excluding hydrogens is 477 g/mol. The van der Waals surface area contributed by atoms with Crippen molar-refractivity contribution in [2.24, 2.45) is 4.99 Å². The Balaban J connectivity index is 1.75. The number of nitrogens with zero attached hydrogens (tertiary/aromatic N) is 3. The summed E-state index contributed by atoms with van der Waals surface area (Å²) >= 11 is 1.27. The summed E-state index contributed by atoms with van der Waals surface area (Å²) in [5, 5.41) is 1.05. The number of esters is 1. The number of carbonyl (C=O) groups excluding carboxylic acids is 1. The Hall–Kier alpha value is -3.78. The van der Waals surface area contributed by atoms with E-state index in [4.69, 9.17) is 4.74 Å². The molecule has 36 heavy (non-hydrogen) atoms. The molecule has 0 aliphatic carbocycles. The molecule has 4 aromatic rings. The van der Waals surface area contributed by atoms with Crippen LogP contribution in [0.4, 0.5) is 4.39 Å². The molecule has 2 aromatic heterocycles. The Kier molecular flexibility index (Phi) is 6.22. The Morgan fingerprint density at radius 2 is 1.92 bits per heavy atom. The summed E-state index contributed by atoms with van der Waals surface area (Å²) in [4.78, 5) is 31.8. The standard InChI is InChI=1S/C28H26FN3O3S/c1-5-35-27(34)24-17(4)30-28-32(25(24)18-10-12-20(29)13-11-18)26(33)23(36-28)14-19-15-31(16(2)3)22-9-7-6-8-21(19)22/h6-16,25H,5H2,1-4H3/b23-14-/t25-/m1/s1. The van der Waals surface area contributed by atoms with Gasteiger partial charge >= 0.3 is 5.97 Å². The van der Waals surface area contributed by atoms with Gasteiger partial charge in [-0.2, -0.15) is 0 Å². The van der Waals surface area contributed by atoms with Gasteiger partial charge in [0, 0.05) is 28.7 Å². The van der Waals surface area contributed by atoms with Gasteiger partial charge in [0.1, 0.15) is 5.82 Å². The molecule has 2 aromatic carbocycles. The van der Waals surface area contributed by atoms with Gasteiger partial charge in [-0.05, 0) is 57.5 Å². The number of aromatic nitrogens is 2. The maximum absolute atomic E-state index is 13.8. The number of hydrogen-bond donors (Lipinski definition) is 0. The van der Waals surface area contributed by atoms with Gasteiger partial charge in [-0.25, -0.2) is 14.2 Å². The van der Waals surface area contributed by atoms with Crippen LogP contribution in [-0.2, 0) is 9.53 Å². The van der Waals surface area contributed by atoms with Crippen LogP contribution in [-0.4, -0.2) is 21.7 Å². The fourth-order valence-corrected chi connectivity index (χ4v) is 5.70. The van der Waals surface area contributed by atoms with Gasteiger partial charge in [-0.15, -0.1) is 0 Å². The molecule has 1 atom stereocenters. The Morgan fingerprint density at radius 1 is 1.19 bits per heavy atom. The largest absolute Gasteiger partial charge is 0.463 e. The number of thiazole rings is 1. The van der Waals surface area contributed by atoms with Crippen LogP contribution in [0.15, 0.2) is 75.8 Å². The van der Waals surface area contributed by atoms with Crippen molar-refractivity contribution >= 4 is 34.3 Å². The van der Waals surface area contributed by atoms with Gasteiger partial charge in [0.05, 0.1) is 28.5 Å². The van der Waals surface area contributed by atoms with Crippen molar-refractivity contribution in [1.82, 2.24) is 9.13 Å². The highest BCUT2D eigenvalue weighted by Gasteiger charge is 2.33. The fraction of sp³-hybridized carbons (Fsp3) is 0.250. The summed E-state index contributed by atoms with van der Waals surface area (Å²) in [6.07, 6.45) is 3.94. The zero-order valence-corrected chi connectivity index (χ0v) is 21.3. The van der Waals surface area contributed by atoms with Gasteiger partial charge < -0.3 is 9.30 Å². The molecule has 0 bridgehead atoms. The summed E-state index contributed by atoms with van der Waals surface area (Å²) in [6.45, 7) is 7.88. The van der Waals surface area contributed by atoms with Crippen LogP contribution < -0.4 is 14.9 Å². The first-order chi connectivity index (χ1) is 17.3. The minimum atomic E-state index is -0.764. The third kappa shape index (κ3) is 4.01. The molecule has 5 rings (SSSR count). The van der Waals surface area contributed by atoms with Crippen molar-refractivity contribution in [1.29, 1.82) is 0 Å². The van der Waals surface area contributed by atoms with Gasteiger partial charge in [-0.1, -0.05) is 41.7 Å². The normalized spacial score (nSPS) is 15.9. The predicted octanol–water partition coefficient (Wildman–Crippen LogP) is 4.47. The number of fused-ring (bicyclic) bond motifs is 2. The summed E-state index contributed by atoms with van der Waals surface area (Å²) in [5.74, 6) is -0.937. The van der Waals surface area contributed by atoms with E-state index in [0.29, 0.717) is 20.6 Å². The maximum atomic E-state index is 13.8. The summed E-state index contributed by atoms with van der Waals surface area (Å²) in [6, 6.07) is 13.4. The van der Waals surface area contributed by atoms with E-state index in [1.54, 1.807) is 26.0 Å². The molecule has 0 radical (unpaired) electrons. The van der Waals surface area contributed by atoms with Crippen LogP contribution in [0.25, 0.3) is 17.0 Å². The third-order valence-corrected chi connectivity index (χ3v) is 7.30. The van der Waals surface area contributed by atoms with Crippen molar-refractivity contribution in [3.63, 3.8) is 0 Å². The van der Waals surface area contributed by atoms with Crippen LogP contribution in [0.1, 0.15) is 50.9 Å². The molecule has 0 saturated carbocycles. The molecule has 0 unspecified atom stereocenters. The molecule has 6 nitrogen and oxygen atoms in total. The lowest BCUT2D eigenvalue weighted by Crippen LogP contribution is -2.39. The van der Waals surface area contributed by atoms with Crippen molar-refractivity contribution < 1.29 is 13.9 Å². The summed E-state index contributed by atoms with van der Waals surface area (Å²) in [7, 11) is 0. The average Bonchev–Trinajstić information content (AvgIpc) is 3.37. The lowest BCUT2D eigenvalue weighted by Gasteiger charge is -2.24. The maximum Gasteiger partial charge on any atom is 0.338 e. The first kappa shape index (κ1) is 23.9. The first-order valence-electron chi connectivity index (χ1n) is 11.8. The van der Waals surface area contributed by atoms with Crippen LogP contribution in [0.3, 0.4) is 0 Å². The predicted molar refractivity (Wildman–Crippen MR) is 139 cm³/mol. The lowest BCUT2D eigenvalue weighted by molar-refractivity contribution is -0.139. The number of carbonyl (C=O) groups is 1. The van der Waals surface area contributed by atoms with Gasteiger partial charge in [0.2, 0.25) is 0 Å². The number of halogens is 1. The number of rotatable bonds is 5. The number of hydrogen-bond acceptors (Lipinski definition) is 5. The van der Waals surface area contributed by atoms with Crippen molar-refractivity contribution in [2.75, 3.05) is 6.61 Å². The van der Waals surface area contributed by atoms with E-state index < -0.39 is 17.8 Å². The highest BCUT2D eigenvalue weighted by atomic mass is 32.1. The van der Waals surface area contributed by atoms with E-state index in [9.17, 15) is 14.0 Å². The smallest absolute Gasteiger partial charge is 0.338 e. The molecular formula is C28H26FN3O3S. The molecule has 0 spiro atoms. The van der Waals surface area contributed by atoms with Crippen LogP contribution >= 0.6 is 11.3 Å². The third-order valence-electron chi connectivity index (χ3n) is 6.32. The second-order valence-electron chi connectivity index (χ2n) is 8.96. The first-order valence-corrected chi connectivity index (χ1v) is 12.7. The van der Waals surface area contributed by atoms with Crippen molar-refractivity contribution in [3.8, 4) is 0 Å². The molecule has 0 amide bonds. The monoisotopic (exact) mass is 503 g/mol. The van der Waals surface area contributed by atoms with E-state index in [0.717, 1.165) is 16.5 Å². The number of allylic oxidation sites excluding steroid dienone is 1. The second kappa shape index (κ2) is 9.35. The Morgan fingerprint density at radius 3 is 2.61 bits per heavy atom. The molecule has 0 fully saturated rings. The average molecular weight is 504 g/mol. The topological polar surface area (TPSA) is 65.6 Å². The Labute approximate surface area is 211 Å². The van der Waals surface area contributed by atoms with E-state index >= 15 is 0 Å². The minimum absolute atomic E-state index is 0.191. The molecule has 0 N–H and O–H groups in total. The van der Waals surface area contributed by atoms with E-state index in [1.165, 1.54) is 28.0 Å². The fourth-order valence-electron chi connectivity index (χ4n) is 4.67. The number of ether oxygens (including phenoxy) is 1. The molecule has 8 heteroatoms. The quantitative estimate of drug-likeness (QED) is 0.378. The highest BCUT2D eigenvalue weighted by molar-refractivity contribution is 7.07. The van der Waals surface area contributed by atoms with E-state index in [-0.39, 0.29) is 23.8 Å². The molecule has 0 saturated heterocycles. The van der Waals surface area contributed by atoms with E-state index in [1.807, 2.05) is 24.3 Å². The molecule has 1 aliphatic heterocycles. The molecule has 1 aliphatic rings. The summed E-state index contributed by atoms with van der Waals surface area (Å²) < 4.78 is 23.2. The van der Waals surface area contributed by atoms with Crippen molar-refractivity contribution in [2.45, 2.75) is 39.8 Å². The van der Waals surface area contributed by atoms with Crippen LogP contribution in [0.2, 0.25) is 0 Å². The molecule has 3 heterocycles. The zero-order chi connectivity index (χ0) is 25.6. The lowest BCUT2D eigenvalue weighted by atomic mass is 9.96. The van der Waals surface area contributed by atoms with Gasteiger partial charge in [0.15, 0.2) is 4.80 Å². The summed E-state index contributed by atoms with van der Waals surface area (Å²) in [5.41, 5.74) is 3.13. The van der Waals surface area contributed by atoms with E-state index in [2.05, 4.69) is 35.7 Å². The Bertz CT molecular complexity index is 1690. The SMILES string of the molecule is CCOC(=O)C1=C(C)N=c2s/c(=C\c3cn(C(C)C)c4ccccc34)c(=O)n2[C@@H]1c1ccc(F)cc1. The highest BCUT2D eigenvalue weighted by Crippen LogP contribution is 2.31. The second-order valence-corrected chi connectivity index (χ2v) is 9.97. The molecule has 184 valence electrons. The number of benzene rings is 2. The zero-order valence-electron chi connectivity index (χ0n) is 20.5. The van der Waals surface area contributed by atoms with Crippen LogP contribution in [0, 0.1) is 5.82 Å². The number of para-hydroxylation sites is 1. The minimum Gasteiger partial charge on any atom is -0.463 e. The van der Waals surface area contributed by atoms with Gasteiger partial charge in [-0.3, -0.25) is 9.36 Å². The van der Waals surface area contributed by atoms with Gasteiger partial charge in [0.25, 0.3) is 5.56 Å². The van der Waals surface area contributed by atoms with Crippen molar-refractivity contribution in [3.05, 3.63) is 103 Å².